The van der Waals surface area contributed by atoms with Gasteiger partial charge in [-0.25, -0.2) is 4.68 Å². The summed E-state index contributed by atoms with van der Waals surface area (Å²) in [5.74, 6) is -0.466. The zero-order chi connectivity index (χ0) is 20.8. The summed E-state index contributed by atoms with van der Waals surface area (Å²) in [4.78, 5) is 40.3. The molecule has 4 heterocycles. The number of imide groups is 1. The van der Waals surface area contributed by atoms with Crippen molar-refractivity contribution in [3.8, 4) is 5.69 Å². The summed E-state index contributed by atoms with van der Waals surface area (Å²) >= 11 is 0. The van der Waals surface area contributed by atoms with Crippen LogP contribution in [0.1, 0.15) is 53.2 Å². The first-order chi connectivity index (χ1) is 14.5. The fourth-order valence-corrected chi connectivity index (χ4v) is 4.70. The van der Waals surface area contributed by atoms with Gasteiger partial charge in [0.05, 0.1) is 17.6 Å². The number of fused-ring (bicyclic) bond motifs is 1. The summed E-state index contributed by atoms with van der Waals surface area (Å²) < 4.78 is 1.75. The van der Waals surface area contributed by atoms with Gasteiger partial charge in [-0.1, -0.05) is 5.21 Å². The van der Waals surface area contributed by atoms with E-state index in [9.17, 15) is 14.4 Å². The summed E-state index contributed by atoms with van der Waals surface area (Å²) in [5, 5.41) is 11.0. The van der Waals surface area contributed by atoms with Crippen LogP contribution in [-0.4, -0.2) is 68.7 Å². The highest BCUT2D eigenvalue weighted by molar-refractivity contribution is 6.05. The van der Waals surface area contributed by atoms with Crippen molar-refractivity contribution >= 4 is 17.7 Å². The average molecular weight is 408 g/mol. The molecule has 2 aromatic rings. The van der Waals surface area contributed by atoms with Crippen molar-refractivity contribution in [2.45, 2.75) is 44.2 Å². The van der Waals surface area contributed by atoms with E-state index in [-0.39, 0.29) is 18.2 Å². The lowest BCUT2D eigenvalue weighted by Crippen LogP contribution is -2.52. The molecule has 2 saturated heterocycles. The molecule has 0 aliphatic carbocycles. The molecular formula is C21H24N6O3. The van der Waals surface area contributed by atoms with Crippen molar-refractivity contribution in [1.82, 2.24) is 30.1 Å². The van der Waals surface area contributed by atoms with E-state index in [0.717, 1.165) is 42.9 Å². The van der Waals surface area contributed by atoms with Gasteiger partial charge < -0.3 is 9.80 Å². The van der Waals surface area contributed by atoms with Gasteiger partial charge in [-0.3, -0.25) is 19.7 Å². The van der Waals surface area contributed by atoms with Gasteiger partial charge in [0, 0.05) is 31.0 Å². The highest BCUT2D eigenvalue weighted by Crippen LogP contribution is 2.30. The zero-order valence-electron chi connectivity index (χ0n) is 16.9. The molecule has 9 heteroatoms. The highest BCUT2D eigenvalue weighted by Gasteiger charge is 2.39. The van der Waals surface area contributed by atoms with E-state index in [1.54, 1.807) is 15.6 Å². The number of aromatic nitrogens is 3. The number of nitrogens with zero attached hydrogens (tertiary/aromatic N) is 5. The number of carbonyl (C=O) groups is 3. The normalized spacial score (nSPS) is 24.8. The van der Waals surface area contributed by atoms with E-state index >= 15 is 0 Å². The lowest BCUT2D eigenvalue weighted by Gasteiger charge is -2.29. The topological polar surface area (TPSA) is 100 Å². The van der Waals surface area contributed by atoms with Crippen LogP contribution in [0.3, 0.4) is 0 Å². The molecule has 1 aromatic heterocycles. The highest BCUT2D eigenvalue weighted by atomic mass is 16.2. The molecule has 2 fully saturated rings. The smallest absolute Gasteiger partial charge is 0.255 e. The van der Waals surface area contributed by atoms with Gasteiger partial charge >= 0.3 is 0 Å². The van der Waals surface area contributed by atoms with E-state index in [2.05, 4.69) is 27.6 Å². The second-order valence-corrected chi connectivity index (χ2v) is 8.43. The molecule has 9 nitrogen and oxygen atoms in total. The van der Waals surface area contributed by atoms with Crippen LogP contribution in [0.25, 0.3) is 5.69 Å². The fraction of sp³-hybridized carbons (Fsp3) is 0.476. The zero-order valence-corrected chi connectivity index (χ0v) is 16.9. The standard InChI is InChI=1S/C21H24N6O3/c1-25-8-2-3-13(10-25)17-12-27(24-23-17)15-4-5-16-14(9-15)11-26(21(16)30)18-6-7-19(28)22-20(18)29/h4-5,9,12-13,18H,2-3,6-8,10-11H2,1H3,(H,22,28,29). The van der Waals surface area contributed by atoms with Crippen molar-refractivity contribution in [2.24, 2.45) is 0 Å². The SMILES string of the molecule is CN1CCCC(c2cn(-c3ccc4c(c3)CN(C3CCC(=O)NC3=O)C4=O)nn2)C1. The predicted molar refractivity (Wildman–Crippen MR) is 107 cm³/mol. The maximum atomic E-state index is 12.8. The molecule has 0 spiro atoms. The molecule has 0 radical (unpaired) electrons. The fourth-order valence-electron chi connectivity index (χ4n) is 4.70. The summed E-state index contributed by atoms with van der Waals surface area (Å²) in [7, 11) is 2.13. The van der Waals surface area contributed by atoms with Crippen molar-refractivity contribution < 1.29 is 14.4 Å². The maximum absolute atomic E-state index is 12.8. The van der Waals surface area contributed by atoms with E-state index in [1.807, 2.05) is 18.3 Å². The van der Waals surface area contributed by atoms with Crippen LogP contribution in [0.5, 0.6) is 0 Å². The number of likely N-dealkylation sites (N-methyl/N-ethyl adjacent to an activating group) is 1. The Balaban J connectivity index is 1.36. The molecule has 0 bridgehead atoms. The third-order valence-electron chi connectivity index (χ3n) is 6.33. The molecular weight excluding hydrogens is 384 g/mol. The first-order valence-electron chi connectivity index (χ1n) is 10.4. The largest absolute Gasteiger partial charge is 0.322 e. The molecule has 0 saturated carbocycles. The number of benzene rings is 1. The van der Waals surface area contributed by atoms with E-state index < -0.39 is 11.9 Å². The molecule has 30 heavy (non-hydrogen) atoms. The molecule has 156 valence electrons. The number of rotatable bonds is 3. The second-order valence-electron chi connectivity index (χ2n) is 8.43. The van der Waals surface area contributed by atoms with Crippen molar-refractivity contribution in [3.05, 3.63) is 41.2 Å². The van der Waals surface area contributed by atoms with Gasteiger partial charge in [-0.2, -0.15) is 0 Å². The quantitative estimate of drug-likeness (QED) is 0.756. The summed E-state index contributed by atoms with van der Waals surface area (Å²) in [6, 6.07) is 4.97. The van der Waals surface area contributed by atoms with Gasteiger partial charge in [-0.05, 0) is 56.6 Å². The summed E-state index contributed by atoms with van der Waals surface area (Å²) in [6.07, 6.45) is 4.85. The number of likely N-dealkylation sites (tertiary alicyclic amines) is 1. The Labute approximate surface area is 174 Å². The lowest BCUT2D eigenvalue weighted by atomic mass is 9.96. The number of piperidine rings is 2. The van der Waals surface area contributed by atoms with Crippen LogP contribution in [0.15, 0.2) is 24.4 Å². The molecule has 5 rings (SSSR count). The van der Waals surface area contributed by atoms with Crippen LogP contribution in [-0.2, 0) is 16.1 Å². The Morgan fingerprint density at radius 2 is 2.03 bits per heavy atom. The van der Waals surface area contributed by atoms with E-state index in [4.69, 9.17) is 0 Å². The Bertz CT molecular complexity index is 1030. The van der Waals surface area contributed by atoms with Gasteiger partial charge in [-0.15, -0.1) is 5.10 Å². The molecule has 2 atom stereocenters. The Morgan fingerprint density at radius 3 is 2.83 bits per heavy atom. The lowest BCUT2D eigenvalue weighted by molar-refractivity contribution is -0.136. The van der Waals surface area contributed by atoms with Crippen LogP contribution in [0.4, 0.5) is 0 Å². The van der Waals surface area contributed by atoms with E-state index in [0.29, 0.717) is 24.4 Å². The monoisotopic (exact) mass is 408 g/mol. The first-order valence-corrected chi connectivity index (χ1v) is 10.4. The number of amides is 3. The average Bonchev–Trinajstić information content (AvgIpc) is 3.33. The number of hydrogen-bond acceptors (Lipinski definition) is 6. The summed E-state index contributed by atoms with van der Waals surface area (Å²) in [5.41, 5.74) is 3.28. The third-order valence-corrected chi connectivity index (χ3v) is 6.33. The van der Waals surface area contributed by atoms with E-state index in [1.165, 1.54) is 0 Å². The van der Waals surface area contributed by atoms with Crippen molar-refractivity contribution in [2.75, 3.05) is 20.1 Å². The summed E-state index contributed by atoms with van der Waals surface area (Å²) in [6.45, 7) is 2.45. The maximum Gasteiger partial charge on any atom is 0.255 e. The van der Waals surface area contributed by atoms with Gasteiger partial charge in [0.25, 0.3) is 5.91 Å². The molecule has 1 aromatic carbocycles. The van der Waals surface area contributed by atoms with Gasteiger partial charge in [0.1, 0.15) is 6.04 Å². The number of carbonyl (C=O) groups excluding carboxylic acids is 3. The Kier molecular flexibility index (Phi) is 4.62. The van der Waals surface area contributed by atoms with Gasteiger partial charge in [0.15, 0.2) is 0 Å². The van der Waals surface area contributed by atoms with Gasteiger partial charge in [0.2, 0.25) is 11.8 Å². The van der Waals surface area contributed by atoms with Crippen molar-refractivity contribution in [3.63, 3.8) is 0 Å². The second kappa shape index (κ2) is 7.32. The minimum atomic E-state index is -0.604. The van der Waals surface area contributed by atoms with Crippen molar-refractivity contribution in [1.29, 1.82) is 0 Å². The molecule has 2 unspecified atom stereocenters. The molecule has 3 aliphatic heterocycles. The first kappa shape index (κ1) is 18.9. The van der Waals surface area contributed by atoms with Crippen LogP contribution >= 0.6 is 0 Å². The minimum absolute atomic E-state index is 0.171. The minimum Gasteiger partial charge on any atom is -0.322 e. The van der Waals surface area contributed by atoms with Crippen LogP contribution in [0, 0.1) is 0 Å². The van der Waals surface area contributed by atoms with Crippen LogP contribution < -0.4 is 5.32 Å². The number of nitrogens with one attached hydrogen (secondary N) is 1. The van der Waals surface area contributed by atoms with Crippen LogP contribution in [0.2, 0.25) is 0 Å². The Morgan fingerprint density at radius 1 is 1.17 bits per heavy atom. The molecule has 3 aliphatic rings. The molecule has 1 N–H and O–H groups in total. The Hall–Kier alpha value is -3.07. The molecule has 3 amide bonds. The number of hydrogen-bond donors (Lipinski definition) is 1. The predicted octanol–water partition coefficient (Wildman–Crippen LogP) is 0.837. The third kappa shape index (κ3) is 3.28.